The maximum absolute atomic E-state index is 9.91. The molecule has 1 heterocycles. The molecule has 1 aromatic rings. The van der Waals surface area contributed by atoms with E-state index < -0.39 is 0 Å². The van der Waals surface area contributed by atoms with Crippen LogP contribution in [0.15, 0.2) is 24.3 Å². The molecular weight excluding hydrogens is 240 g/mol. The molecule has 0 bridgehead atoms. The second-order valence-electron chi connectivity index (χ2n) is 3.77. The Labute approximate surface area is 106 Å². The standard InChI is InChI=1S/C8H8ClNO.C4H9NO/c9-8-3-1-7(2-4-8)5-10-6-11;6-4-1-2-5-3-4/h1-4,6H,5H2,(H,10,11);4-6H,1-3H2. The minimum absolute atomic E-state index is 0.0648. The topological polar surface area (TPSA) is 61.4 Å². The molecule has 5 heteroatoms. The van der Waals surface area contributed by atoms with Crippen LogP contribution >= 0.6 is 11.6 Å². The Bertz CT molecular complexity index is 324. The van der Waals surface area contributed by atoms with Gasteiger partial charge < -0.3 is 15.7 Å². The second kappa shape index (κ2) is 8.06. The zero-order chi connectivity index (χ0) is 12.5. The highest BCUT2D eigenvalue weighted by atomic mass is 35.5. The van der Waals surface area contributed by atoms with Gasteiger partial charge in [-0.2, -0.15) is 0 Å². The smallest absolute Gasteiger partial charge is 0.207 e. The van der Waals surface area contributed by atoms with Gasteiger partial charge in [0, 0.05) is 18.1 Å². The number of carbonyl (C=O) groups excluding carboxylic acids is 1. The molecule has 0 aromatic heterocycles. The lowest BCUT2D eigenvalue weighted by Gasteiger charge is -1.98. The van der Waals surface area contributed by atoms with Gasteiger partial charge in [0.15, 0.2) is 0 Å². The first kappa shape index (κ1) is 14.0. The van der Waals surface area contributed by atoms with Gasteiger partial charge in [0.05, 0.1) is 6.10 Å². The number of hydrogen-bond donors (Lipinski definition) is 3. The minimum Gasteiger partial charge on any atom is -0.392 e. The summed E-state index contributed by atoms with van der Waals surface area (Å²) in [7, 11) is 0. The van der Waals surface area contributed by atoms with Crippen molar-refractivity contribution in [2.75, 3.05) is 13.1 Å². The fourth-order valence-electron chi connectivity index (χ4n) is 1.40. The van der Waals surface area contributed by atoms with Crippen LogP contribution in [0.1, 0.15) is 12.0 Å². The number of nitrogens with one attached hydrogen (secondary N) is 2. The highest BCUT2D eigenvalue weighted by Gasteiger charge is 2.08. The number of hydrogen-bond acceptors (Lipinski definition) is 3. The van der Waals surface area contributed by atoms with Gasteiger partial charge in [0.25, 0.3) is 0 Å². The van der Waals surface area contributed by atoms with Crippen LogP contribution in [0.4, 0.5) is 0 Å². The van der Waals surface area contributed by atoms with Crippen molar-refractivity contribution in [2.24, 2.45) is 0 Å². The van der Waals surface area contributed by atoms with Crippen molar-refractivity contribution in [1.82, 2.24) is 10.6 Å². The third-order valence-corrected chi connectivity index (χ3v) is 2.59. The summed E-state index contributed by atoms with van der Waals surface area (Å²) < 4.78 is 0. The van der Waals surface area contributed by atoms with Crippen molar-refractivity contribution >= 4 is 18.0 Å². The predicted molar refractivity (Wildman–Crippen MR) is 67.8 cm³/mol. The summed E-state index contributed by atoms with van der Waals surface area (Å²) in [4.78, 5) is 9.91. The lowest BCUT2D eigenvalue weighted by molar-refractivity contribution is -0.109. The van der Waals surface area contributed by atoms with E-state index in [4.69, 9.17) is 16.7 Å². The molecule has 1 aromatic carbocycles. The van der Waals surface area contributed by atoms with Gasteiger partial charge in [-0.15, -0.1) is 0 Å². The first-order valence-electron chi connectivity index (χ1n) is 5.52. The van der Waals surface area contributed by atoms with E-state index in [0.717, 1.165) is 25.1 Å². The molecule has 94 valence electrons. The van der Waals surface area contributed by atoms with Crippen molar-refractivity contribution in [3.8, 4) is 0 Å². The van der Waals surface area contributed by atoms with Gasteiger partial charge in [-0.25, -0.2) is 0 Å². The molecule has 0 aliphatic carbocycles. The molecular formula is C12H17ClN2O2. The van der Waals surface area contributed by atoms with Crippen molar-refractivity contribution in [3.05, 3.63) is 34.9 Å². The van der Waals surface area contributed by atoms with Crippen LogP contribution in [-0.4, -0.2) is 30.7 Å². The van der Waals surface area contributed by atoms with Crippen LogP contribution in [0.5, 0.6) is 0 Å². The maximum atomic E-state index is 9.91. The Morgan fingerprint density at radius 3 is 2.59 bits per heavy atom. The summed E-state index contributed by atoms with van der Waals surface area (Å²) in [5, 5.41) is 15.0. The molecule has 0 saturated carbocycles. The maximum Gasteiger partial charge on any atom is 0.207 e. The normalized spacial score (nSPS) is 18.1. The number of amides is 1. The first-order chi connectivity index (χ1) is 8.22. The average molecular weight is 257 g/mol. The number of halogens is 1. The Balaban J connectivity index is 0.000000202. The van der Waals surface area contributed by atoms with Gasteiger partial charge in [-0.05, 0) is 30.7 Å². The fraction of sp³-hybridized carbons (Fsp3) is 0.417. The molecule has 1 atom stereocenters. The van der Waals surface area contributed by atoms with Crippen molar-refractivity contribution in [2.45, 2.75) is 19.1 Å². The molecule has 1 amide bonds. The van der Waals surface area contributed by atoms with Gasteiger partial charge in [-0.1, -0.05) is 23.7 Å². The molecule has 2 rings (SSSR count). The molecule has 17 heavy (non-hydrogen) atoms. The zero-order valence-electron chi connectivity index (χ0n) is 9.53. The van der Waals surface area contributed by atoms with Crippen molar-refractivity contribution in [3.63, 3.8) is 0 Å². The average Bonchev–Trinajstić information content (AvgIpc) is 2.80. The van der Waals surface area contributed by atoms with E-state index in [9.17, 15) is 4.79 Å². The van der Waals surface area contributed by atoms with E-state index in [0.29, 0.717) is 18.0 Å². The third kappa shape index (κ3) is 6.26. The summed E-state index contributed by atoms with van der Waals surface area (Å²) in [6, 6.07) is 7.34. The number of β-amino-alcohol motifs (C(OH)–C–C–N with tert-alkyl or cyclic N) is 1. The lowest BCUT2D eigenvalue weighted by atomic mass is 10.2. The van der Waals surface area contributed by atoms with Gasteiger partial charge in [0.2, 0.25) is 6.41 Å². The molecule has 1 aliphatic heterocycles. The molecule has 1 unspecified atom stereocenters. The summed E-state index contributed by atoms with van der Waals surface area (Å²) >= 11 is 5.66. The molecule has 1 aliphatic rings. The van der Waals surface area contributed by atoms with E-state index in [1.807, 2.05) is 12.1 Å². The van der Waals surface area contributed by atoms with Crippen LogP contribution in [0.25, 0.3) is 0 Å². The van der Waals surface area contributed by atoms with Crippen molar-refractivity contribution < 1.29 is 9.90 Å². The number of aliphatic hydroxyl groups excluding tert-OH is 1. The van der Waals surface area contributed by atoms with Crippen LogP contribution in [-0.2, 0) is 11.3 Å². The van der Waals surface area contributed by atoms with Gasteiger partial charge in [0.1, 0.15) is 0 Å². The minimum atomic E-state index is -0.0648. The SMILES string of the molecule is O=CNCc1ccc(Cl)cc1.OC1CCNC1. The Morgan fingerprint density at radius 1 is 1.47 bits per heavy atom. The lowest BCUT2D eigenvalue weighted by Crippen LogP contribution is -2.11. The first-order valence-corrected chi connectivity index (χ1v) is 5.90. The summed E-state index contributed by atoms with van der Waals surface area (Å²) in [5.41, 5.74) is 1.04. The van der Waals surface area contributed by atoms with E-state index >= 15 is 0 Å². The highest BCUT2D eigenvalue weighted by Crippen LogP contribution is 2.08. The fourth-order valence-corrected chi connectivity index (χ4v) is 1.53. The van der Waals surface area contributed by atoms with Gasteiger partial charge in [-0.3, -0.25) is 4.79 Å². The molecule has 4 nitrogen and oxygen atoms in total. The molecule has 3 N–H and O–H groups in total. The molecule has 1 saturated heterocycles. The van der Waals surface area contributed by atoms with Crippen LogP contribution in [0.3, 0.4) is 0 Å². The Morgan fingerprint density at radius 2 is 2.18 bits per heavy atom. The Hall–Kier alpha value is -1.10. The van der Waals surface area contributed by atoms with Crippen LogP contribution in [0.2, 0.25) is 5.02 Å². The third-order valence-electron chi connectivity index (χ3n) is 2.34. The molecule has 1 fully saturated rings. The van der Waals surface area contributed by atoms with E-state index in [1.54, 1.807) is 12.1 Å². The molecule has 0 spiro atoms. The predicted octanol–water partition coefficient (Wildman–Crippen LogP) is 0.927. The number of carbonyl (C=O) groups is 1. The number of aliphatic hydroxyl groups is 1. The summed E-state index contributed by atoms with van der Waals surface area (Å²) in [5.74, 6) is 0. The van der Waals surface area contributed by atoms with E-state index in [1.165, 1.54) is 0 Å². The van der Waals surface area contributed by atoms with Crippen molar-refractivity contribution in [1.29, 1.82) is 0 Å². The Kier molecular flexibility index (Phi) is 6.62. The summed E-state index contributed by atoms with van der Waals surface area (Å²) in [6.45, 7) is 2.34. The number of benzene rings is 1. The largest absolute Gasteiger partial charge is 0.392 e. The van der Waals surface area contributed by atoms with E-state index in [-0.39, 0.29) is 6.10 Å². The summed E-state index contributed by atoms with van der Waals surface area (Å²) in [6.07, 6.45) is 1.54. The van der Waals surface area contributed by atoms with Gasteiger partial charge >= 0.3 is 0 Å². The zero-order valence-corrected chi connectivity index (χ0v) is 10.3. The van der Waals surface area contributed by atoms with Crippen LogP contribution in [0, 0.1) is 0 Å². The highest BCUT2D eigenvalue weighted by molar-refractivity contribution is 6.30. The monoisotopic (exact) mass is 256 g/mol. The number of rotatable bonds is 3. The van der Waals surface area contributed by atoms with Crippen LogP contribution < -0.4 is 10.6 Å². The van der Waals surface area contributed by atoms with E-state index in [2.05, 4.69) is 10.6 Å². The second-order valence-corrected chi connectivity index (χ2v) is 4.21. The molecule has 0 radical (unpaired) electrons. The quantitative estimate of drug-likeness (QED) is 0.705.